The first-order valence-electron chi connectivity index (χ1n) is 9.51. The van der Waals surface area contributed by atoms with Gasteiger partial charge in [0.15, 0.2) is 11.2 Å². The predicted molar refractivity (Wildman–Crippen MR) is 118 cm³/mol. The molecule has 1 atom stereocenters. The average Bonchev–Trinajstić information content (AvgIpc) is 3.08. The molecule has 10 nitrogen and oxygen atoms in total. The second kappa shape index (κ2) is 9.73. The van der Waals surface area contributed by atoms with Crippen molar-refractivity contribution in [3.05, 3.63) is 49.1 Å². The van der Waals surface area contributed by atoms with Crippen LogP contribution in [-0.4, -0.2) is 54.8 Å². The van der Waals surface area contributed by atoms with Crippen molar-refractivity contribution in [1.29, 1.82) is 0 Å². The number of hydrogen-bond donors (Lipinski definition) is 3. The van der Waals surface area contributed by atoms with E-state index >= 15 is 0 Å². The number of aromatic nitrogens is 4. The van der Waals surface area contributed by atoms with Crippen molar-refractivity contribution in [2.75, 3.05) is 25.1 Å². The number of aliphatic hydroxyl groups excluding tert-OH is 2. The van der Waals surface area contributed by atoms with Crippen molar-refractivity contribution in [3.8, 4) is 5.75 Å². The number of halogens is 2. The lowest BCUT2D eigenvalue weighted by Gasteiger charge is -2.16. The van der Waals surface area contributed by atoms with E-state index in [-0.39, 0.29) is 30.9 Å². The van der Waals surface area contributed by atoms with Crippen LogP contribution in [0.4, 0.5) is 5.95 Å². The van der Waals surface area contributed by atoms with Gasteiger partial charge in [-0.15, -0.1) is 0 Å². The van der Waals surface area contributed by atoms with Crippen LogP contribution in [0.15, 0.2) is 27.8 Å². The molecule has 3 rings (SSSR count). The highest BCUT2D eigenvalue weighted by molar-refractivity contribution is 6.35. The Balaban J connectivity index is 1.92. The second-order valence-electron chi connectivity index (χ2n) is 6.97. The topological polar surface area (TPSA) is 124 Å². The molecule has 168 valence electrons. The van der Waals surface area contributed by atoms with Crippen LogP contribution in [0.25, 0.3) is 11.2 Å². The van der Waals surface area contributed by atoms with Crippen molar-refractivity contribution >= 4 is 40.3 Å². The second-order valence-corrected chi connectivity index (χ2v) is 7.81. The molecule has 12 heteroatoms. The average molecular weight is 472 g/mol. The Morgan fingerprint density at radius 2 is 1.97 bits per heavy atom. The van der Waals surface area contributed by atoms with Crippen LogP contribution < -0.4 is 21.3 Å². The molecule has 3 N–H and O–H groups in total. The molecule has 1 aromatic carbocycles. The lowest BCUT2D eigenvalue weighted by molar-refractivity contribution is 0.0938. The van der Waals surface area contributed by atoms with Crippen molar-refractivity contribution < 1.29 is 14.9 Å². The van der Waals surface area contributed by atoms with Crippen LogP contribution in [0.2, 0.25) is 10.0 Å². The fourth-order valence-corrected chi connectivity index (χ4v) is 3.54. The largest absolute Gasteiger partial charge is 0.489 e. The van der Waals surface area contributed by atoms with E-state index in [0.717, 1.165) is 4.57 Å². The van der Waals surface area contributed by atoms with E-state index in [4.69, 9.17) is 33.0 Å². The molecule has 0 bridgehead atoms. The Bertz CT molecular complexity index is 1200. The minimum atomic E-state index is -1.02. The summed E-state index contributed by atoms with van der Waals surface area (Å²) < 4.78 is 9.33. The molecule has 3 aromatic rings. The molecule has 0 saturated heterocycles. The zero-order valence-corrected chi connectivity index (χ0v) is 18.5. The Labute approximate surface area is 187 Å². The molecule has 0 fully saturated rings. The lowest BCUT2D eigenvalue weighted by Crippen LogP contribution is -2.38. The summed E-state index contributed by atoms with van der Waals surface area (Å²) in [5.74, 6) is 0.658. The van der Waals surface area contributed by atoms with Gasteiger partial charge in [0.25, 0.3) is 5.56 Å². The molecule has 1 unspecified atom stereocenters. The van der Waals surface area contributed by atoms with Crippen molar-refractivity contribution in [2.24, 2.45) is 14.1 Å². The number of aryl methyl sites for hydroxylation is 1. The van der Waals surface area contributed by atoms with Gasteiger partial charge in [0.1, 0.15) is 18.5 Å². The van der Waals surface area contributed by atoms with Crippen LogP contribution in [0.1, 0.15) is 6.42 Å². The Morgan fingerprint density at radius 3 is 2.65 bits per heavy atom. The SMILES string of the molecule is Cn1c(=O)c2c(nc(NCCCO)n2CC(O)COc2ccc(Cl)cc2Cl)n(C)c1=O. The zero-order chi connectivity index (χ0) is 22.7. The number of anilines is 1. The molecule has 0 radical (unpaired) electrons. The summed E-state index contributed by atoms with van der Waals surface area (Å²) in [6, 6.07) is 4.74. The number of benzene rings is 1. The first-order chi connectivity index (χ1) is 14.7. The third-order valence-electron chi connectivity index (χ3n) is 4.68. The van der Waals surface area contributed by atoms with Gasteiger partial charge >= 0.3 is 5.69 Å². The van der Waals surface area contributed by atoms with E-state index in [0.29, 0.717) is 34.7 Å². The molecule has 0 spiro atoms. The van der Waals surface area contributed by atoms with Gasteiger partial charge in [-0.2, -0.15) is 4.98 Å². The quantitative estimate of drug-likeness (QED) is 0.397. The summed E-state index contributed by atoms with van der Waals surface area (Å²) in [6.45, 7) is 0.229. The highest BCUT2D eigenvalue weighted by atomic mass is 35.5. The molecule has 2 aromatic heterocycles. The third kappa shape index (κ3) is 4.87. The third-order valence-corrected chi connectivity index (χ3v) is 5.21. The summed E-state index contributed by atoms with van der Waals surface area (Å²) in [4.78, 5) is 29.4. The van der Waals surface area contributed by atoms with E-state index in [1.807, 2.05) is 0 Å². The van der Waals surface area contributed by atoms with E-state index in [2.05, 4.69) is 10.3 Å². The molecule has 0 aliphatic heterocycles. The molecule has 0 aliphatic carbocycles. The maximum absolute atomic E-state index is 12.8. The zero-order valence-electron chi connectivity index (χ0n) is 17.0. The van der Waals surface area contributed by atoms with E-state index in [1.165, 1.54) is 29.3 Å². The van der Waals surface area contributed by atoms with Crippen molar-refractivity contribution in [3.63, 3.8) is 0 Å². The van der Waals surface area contributed by atoms with Gasteiger partial charge in [-0.1, -0.05) is 23.2 Å². The van der Waals surface area contributed by atoms with Crippen LogP contribution in [0, 0.1) is 0 Å². The van der Waals surface area contributed by atoms with Gasteiger partial charge in [-0.05, 0) is 24.6 Å². The highest BCUT2D eigenvalue weighted by Crippen LogP contribution is 2.27. The van der Waals surface area contributed by atoms with E-state index in [1.54, 1.807) is 12.1 Å². The number of nitrogens with one attached hydrogen (secondary N) is 1. The van der Waals surface area contributed by atoms with E-state index < -0.39 is 17.4 Å². The maximum atomic E-state index is 12.8. The summed E-state index contributed by atoms with van der Waals surface area (Å²) in [6.07, 6.45) is -0.564. The predicted octanol–water partition coefficient (Wildman–Crippen LogP) is 0.975. The fraction of sp³-hybridized carbons (Fsp3) is 0.421. The smallest absolute Gasteiger partial charge is 0.332 e. The molecular formula is C19H23Cl2N5O5. The number of imidazole rings is 1. The van der Waals surface area contributed by atoms with Crippen molar-refractivity contribution in [1.82, 2.24) is 18.7 Å². The van der Waals surface area contributed by atoms with Gasteiger partial charge in [0, 0.05) is 32.3 Å². The number of rotatable bonds is 9. The number of ether oxygens (including phenoxy) is 1. The minimum Gasteiger partial charge on any atom is -0.489 e. The molecule has 0 aliphatic rings. The Hall–Kier alpha value is -2.53. The monoisotopic (exact) mass is 471 g/mol. The summed E-state index contributed by atoms with van der Waals surface area (Å²) in [5, 5.41) is 23.4. The van der Waals surface area contributed by atoms with Crippen LogP contribution in [0.3, 0.4) is 0 Å². The minimum absolute atomic E-state index is 0.0220. The van der Waals surface area contributed by atoms with E-state index in [9.17, 15) is 14.7 Å². The fourth-order valence-electron chi connectivity index (χ4n) is 3.08. The number of fused-ring (bicyclic) bond motifs is 1. The summed E-state index contributed by atoms with van der Waals surface area (Å²) >= 11 is 12.0. The van der Waals surface area contributed by atoms with Gasteiger partial charge in [-0.3, -0.25) is 13.9 Å². The standard InChI is InChI=1S/C19H23Cl2N5O5/c1-24-16-15(17(29)25(2)19(24)30)26(18(23-16)22-6-3-7-27)9-12(28)10-31-14-5-4-11(20)8-13(14)21/h4-5,8,12,27-28H,3,6-7,9-10H2,1-2H3,(H,22,23). The summed E-state index contributed by atoms with van der Waals surface area (Å²) in [7, 11) is 2.89. The van der Waals surface area contributed by atoms with Crippen LogP contribution in [0.5, 0.6) is 5.75 Å². The normalized spacial score (nSPS) is 12.3. The first-order valence-corrected chi connectivity index (χ1v) is 10.3. The molecule has 2 heterocycles. The molecule has 0 saturated carbocycles. The highest BCUT2D eigenvalue weighted by Gasteiger charge is 2.21. The summed E-state index contributed by atoms with van der Waals surface area (Å²) in [5.41, 5.74) is -0.687. The molecular weight excluding hydrogens is 449 g/mol. The van der Waals surface area contributed by atoms with Gasteiger partial charge < -0.3 is 24.8 Å². The maximum Gasteiger partial charge on any atom is 0.332 e. The van der Waals surface area contributed by atoms with Gasteiger partial charge in [-0.25, -0.2) is 4.79 Å². The van der Waals surface area contributed by atoms with Crippen LogP contribution in [-0.2, 0) is 20.6 Å². The first kappa shape index (κ1) is 23.1. The van der Waals surface area contributed by atoms with Crippen molar-refractivity contribution in [2.45, 2.75) is 19.1 Å². The van der Waals surface area contributed by atoms with Gasteiger partial charge in [0.05, 0.1) is 11.6 Å². The number of hydrogen-bond acceptors (Lipinski definition) is 7. The number of aliphatic hydroxyl groups is 2. The molecule has 31 heavy (non-hydrogen) atoms. The Morgan fingerprint density at radius 1 is 1.23 bits per heavy atom. The van der Waals surface area contributed by atoms with Gasteiger partial charge in [0.2, 0.25) is 5.95 Å². The lowest BCUT2D eigenvalue weighted by atomic mass is 10.3. The Kier molecular flexibility index (Phi) is 7.26. The van der Waals surface area contributed by atoms with Crippen LogP contribution >= 0.6 is 23.2 Å². The number of nitrogens with zero attached hydrogens (tertiary/aromatic N) is 4. The molecule has 0 amide bonds.